The molecule has 1 N–H and O–H groups in total. The number of hydrogen-bond acceptors (Lipinski definition) is 6. The van der Waals surface area contributed by atoms with E-state index in [1.54, 1.807) is 6.20 Å². The normalized spacial score (nSPS) is 16.3. The summed E-state index contributed by atoms with van der Waals surface area (Å²) in [7, 11) is 0. The second-order valence-electron chi connectivity index (χ2n) is 6.44. The van der Waals surface area contributed by atoms with Crippen LogP contribution >= 0.6 is 0 Å². The minimum atomic E-state index is -0.611. The molecule has 26 heavy (non-hydrogen) atoms. The van der Waals surface area contributed by atoms with Crippen molar-refractivity contribution in [1.82, 2.24) is 9.88 Å². The van der Waals surface area contributed by atoms with Crippen molar-refractivity contribution in [2.24, 2.45) is 0 Å². The van der Waals surface area contributed by atoms with Gasteiger partial charge in [-0.05, 0) is 31.2 Å². The molecule has 1 atom stereocenters. The van der Waals surface area contributed by atoms with E-state index in [-0.39, 0.29) is 11.7 Å². The van der Waals surface area contributed by atoms with Crippen LogP contribution in [-0.2, 0) is 0 Å². The van der Waals surface area contributed by atoms with E-state index in [4.69, 9.17) is 0 Å². The van der Waals surface area contributed by atoms with Crippen molar-refractivity contribution in [2.45, 2.75) is 13.0 Å². The average molecular weight is 359 g/mol. The maximum Gasteiger partial charge on any atom is 0.295 e. The molecule has 0 radical (unpaired) electrons. The van der Waals surface area contributed by atoms with E-state index in [1.165, 1.54) is 12.1 Å². The lowest BCUT2D eigenvalue weighted by Gasteiger charge is -2.36. The van der Waals surface area contributed by atoms with E-state index in [1.807, 2.05) is 25.1 Å². The van der Waals surface area contributed by atoms with E-state index >= 15 is 0 Å². The minimum absolute atomic E-state index is 0.000520. The smallest absolute Gasteiger partial charge is 0.295 e. The largest absolute Gasteiger partial charge is 0.376 e. The van der Waals surface area contributed by atoms with Gasteiger partial charge in [0.25, 0.3) is 5.69 Å². The number of nitrogens with zero attached hydrogens (tertiary/aromatic N) is 4. The van der Waals surface area contributed by atoms with Crippen molar-refractivity contribution in [3.8, 4) is 0 Å². The number of aromatic nitrogens is 1. The van der Waals surface area contributed by atoms with Gasteiger partial charge >= 0.3 is 0 Å². The van der Waals surface area contributed by atoms with Crippen LogP contribution in [0.1, 0.15) is 6.92 Å². The van der Waals surface area contributed by atoms with Gasteiger partial charge in [-0.1, -0.05) is 6.07 Å². The van der Waals surface area contributed by atoms with E-state index in [2.05, 4.69) is 20.1 Å². The van der Waals surface area contributed by atoms with Crippen LogP contribution in [0.15, 0.2) is 42.6 Å². The lowest BCUT2D eigenvalue weighted by Crippen LogP contribution is -2.49. The third-order valence-corrected chi connectivity index (χ3v) is 4.44. The van der Waals surface area contributed by atoms with Crippen LogP contribution in [-0.4, -0.2) is 53.6 Å². The number of nitro groups is 1. The molecule has 1 aliphatic heterocycles. The van der Waals surface area contributed by atoms with E-state index in [0.717, 1.165) is 44.6 Å². The molecule has 2 heterocycles. The Morgan fingerprint density at radius 1 is 1.27 bits per heavy atom. The first kappa shape index (κ1) is 18.1. The summed E-state index contributed by atoms with van der Waals surface area (Å²) in [5.74, 6) is 0.376. The van der Waals surface area contributed by atoms with Gasteiger partial charge < -0.3 is 10.2 Å². The highest BCUT2D eigenvalue weighted by Gasteiger charge is 2.21. The predicted octanol–water partition coefficient (Wildman–Crippen LogP) is 2.75. The molecule has 1 aromatic carbocycles. The van der Waals surface area contributed by atoms with Gasteiger partial charge in [-0.2, -0.15) is 0 Å². The highest BCUT2D eigenvalue weighted by Crippen LogP contribution is 2.25. The second kappa shape index (κ2) is 8.09. The van der Waals surface area contributed by atoms with Crippen molar-refractivity contribution in [1.29, 1.82) is 0 Å². The molecule has 1 aliphatic rings. The Hall–Kier alpha value is -2.74. The molecule has 3 rings (SSSR count). The van der Waals surface area contributed by atoms with E-state index in [0.29, 0.717) is 5.69 Å². The lowest BCUT2D eigenvalue weighted by molar-refractivity contribution is -0.384. The van der Waals surface area contributed by atoms with Crippen molar-refractivity contribution in [3.63, 3.8) is 0 Å². The predicted molar refractivity (Wildman–Crippen MR) is 99.0 cm³/mol. The number of nitro benzene ring substituents is 1. The minimum Gasteiger partial charge on any atom is -0.376 e. The number of nitrogens with one attached hydrogen (secondary N) is 1. The van der Waals surface area contributed by atoms with Crippen LogP contribution in [0.2, 0.25) is 0 Å². The Morgan fingerprint density at radius 2 is 2.04 bits per heavy atom. The first-order chi connectivity index (χ1) is 12.5. The summed E-state index contributed by atoms with van der Waals surface area (Å²) < 4.78 is 13.2. The molecule has 0 saturated carbocycles. The molecule has 1 unspecified atom stereocenters. The zero-order chi connectivity index (χ0) is 18.5. The molecule has 0 bridgehead atoms. The van der Waals surface area contributed by atoms with Crippen LogP contribution in [0.4, 0.5) is 21.6 Å². The zero-order valence-corrected chi connectivity index (χ0v) is 14.6. The number of anilines is 2. The lowest BCUT2D eigenvalue weighted by atomic mass is 10.2. The summed E-state index contributed by atoms with van der Waals surface area (Å²) in [6, 6.07) is 9.49. The van der Waals surface area contributed by atoms with Crippen LogP contribution in [0.25, 0.3) is 0 Å². The zero-order valence-electron chi connectivity index (χ0n) is 14.6. The molecule has 1 saturated heterocycles. The fourth-order valence-electron chi connectivity index (χ4n) is 3.18. The highest BCUT2D eigenvalue weighted by atomic mass is 19.1. The van der Waals surface area contributed by atoms with Gasteiger partial charge in [-0.25, -0.2) is 9.37 Å². The Kier molecular flexibility index (Phi) is 5.62. The number of hydrogen-bond donors (Lipinski definition) is 1. The van der Waals surface area contributed by atoms with Crippen LogP contribution < -0.4 is 10.2 Å². The molecule has 0 amide bonds. The molecule has 7 nitrogen and oxygen atoms in total. The van der Waals surface area contributed by atoms with Crippen molar-refractivity contribution in [3.05, 3.63) is 58.5 Å². The molecular formula is C18H22FN5O2. The average Bonchev–Trinajstić information content (AvgIpc) is 2.64. The Balaban J connectivity index is 1.54. The van der Waals surface area contributed by atoms with Gasteiger partial charge in [0.1, 0.15) is 17.3 Å². The highest BCUT2D eigenvalue weighted by molar-refractivity contribution is 5.61. The van der Waals surface area contributed by atoms with Crippen molar-refractivity contribution >= 4 is 17.2 Å². The Morgan fingerprint density at radius 3 is 2.69 bits per heavy atom. The first-order valence-corrected chi connectivity index (χ1v) is 8.62. The Labute approximate surface area is 151 Å². The summed E-state index contributed by atoms with van der Waals surface area (Å²) in [6.45, 7) is 6.30. The molecule has 138 valence electrons. The molecule has 0 spiro atoms. The summed E-state index contributed by atoms with van der Waals surface area (Å²) in [5.41, 5.74) is 0.104. The Bertz CT molecular complexity index is 751. The molecule has 1 aromatic heterocycles. The molecule has 8 heteroatoms. The van der Waals surface area contributed by atoms with E-state index < -0.39 is 10.7 Å². The van der Waals surface area contributed by atoms with Gasteiger partial charge in [0, 0.05) is 45.0 Å². The molecule has 1 fully saturated rings. The fraction of sp³-hybridized carbons (Fsp3) is 0.389. The maximum absolute atomic E-state index is 13.2. The number of pyridine rings is 1. The van der Waals surface area contributed by atoms with Crippen molar-refractivity contribution in [2.75, 3.05) is 42.9 Å². The standard InChI is InChI=1S/C18H22FN5O2/c1-14(21-16-6-5-15(19)12-17(16)24(25)26)13-22-8-10-23(11-9-22)18-4-2-3-7-20-18/h2-7,12,14,21H,8-11,13H2,1H3. The van der Waals surface area contributed by atoms with Crippen LogP contribution in [0.5, 0.6) is 0 Å². The van der Waals surface area contributed by atoms with Crippen LogP contribution in [0.3, 0.4) is 0 Å². The van der Waals surface area contributed by atoms with Gasteiger partial charge in [0.15, 0.2) is 0 Å². The summed E-state index contributed by atoms with van der Waals surface area (Å²) in [4.78, 5) is 19.5. The van der Waals surface area contributed by atoms with Gasteiger partial charge in [-0.15, -0.1) is 0 Å². The fourth-order valence-corrected chi connectivity index (χ4v) is 3.18. The summed E-state index contributed by atoms with van der Waals surface area (Å²) in [6.07, 6.45) is 1.79. The summed E-state index contributed by atoms with van der Waals surface area (Å²) >= 11 is 0. The molecule has 0 aliphatic carbocycles. The molecular weight excluding hydrogens is 337 g/mol. The molecule has 2 aromatic rings. The first-order valence-electron chi connectivity index (χ1n) is 8.62. The van der Waals surface area contributed by atoms with Crippen molar-refractivity contribution < 1.29 is 9.31 Å². The number of benzene rings is 1. The quantitative estimate of drug-likeness (QED) is 0.631. The number of rotatable bonds is 6. The maximum atomic E-state index is 13.2. The monoisotopic (exact) mass is 359 g/mol. The second-order valence-corrected chi connectivity index (χ2v) is 6.44. The summed E-state index contributed by atoms with van der Waals surface area (Å²) in [5, 5.41) is 14.2. The van der Waals surface area contributed by atoms with Gasteiger partial charge in [-0.3, -0.25) is 15.0 Å². The van der Waals surface area contributed by atoms with E-state index in [9.17, 15) is 14.5 Å². The SMILES string of the molecule is CC(CN1CCN(c2ccccn2)CC1)Nc1ccc(F)cc1[N+](=O)[O-]. The topological polar surface area (TPSA) is 74.5 Å². The van der Waals surface area contributed by atoms with Gasteiger partial charge in [0.05, 0.1) is 11.0 Å². The third-order valence-electron chi connectivity index (χ3n) is 4.44. The number of piperazine rings is 1. The third kappa shape index (κ3) is 4.45. The van der Waals surface area contributed by atoms with Crippen LogP contribution in [0, 0.1) is 15.9 Å². The van der Waals surface area contributed by atoms with Gasteiger partial charge in [0.2, 0.25) is 0 Å². The number of halogens is 1.